The zero-order valence-corrected chi connectivity index (χ0v) is 16.1. The lowest BCUT2D eigenvalue weighted by Crippen LogP contribution is -2.17. The highest BCUT2D eigenvalue weighted by atomic mass is 35.5. The summed E-state index contributed by atoms with van der Waals surface area (Å²) in [5.41, 5.74) is 3.56. The summed E-state index contributed by atoms with van der Waals surface area (Å²) in [4.78, 5) is 7.10. The quantitative estimate of drug-likeness (QED) is 0.408. The first kappa shape index (κ1) is 17.2. The molecule has 1 aromatic heterocycles. The number of benzene rings is 3. The van der Waals surface area contributed by atoms with Gasteiger partial charge in [-0.2, -0.15) is 0 Å². The molecule has 0 aliphatic carbocycles. The van der Waals surface area contributed by atoms with Gasteiger partial charge in [0.05, 0.1) is 5.69 Å². The summed E-state index contributed by atoms with van der Waals surface area (Å²) in [6.07, 6.45) is 0. The van der Waals surface area contributed by atoms with Crippen molar-refractivity contribution in [3.8, 4) is 10.6 Å². The molecule has 0 unspecified atom stereocenters. The average Bonchev–Trinajstić information content (AvgIpc) is 3.11. The van der Waals surface area contributed by atoms with Crippen LogP contribution >= 0.6 is 22.9 Å². The molecule has 4 rings (SSSR count). The third-order valence-electron chi connectivity index (χ3n) is 4.40. The van der Waals surface area contributed by atoms with E-state index in [1.807, 2.05) is 24.3 Å². The van der Waals surface area contributed by atoms with Gasteiger partial charge in [-0.1, -0.05) is 66.2 Å². The predicted molar refractivity (Wildman–Crippen MR) is 112 cm³/mol. The monoisotopic (exact) mass is 378 g/mol. The van der Waals surface area contributed by atoms with E-state index < -0.39 is 0 Å². The number of aromatic nitrogens is 1. The zero-order valence-electron chi connectivity index (χ0n) is 14.5. The number of hydrogen-bond acceptors (Lipinski definition) is 3. The van der Waals surface area contributed by atoms with Gasteiger partial charge in [-0.25, -0.2) is 4.98 Å². The highest BCUT2D eigenvalue weighted by Gasteiger charge is 2.09. The van der Waals surface area contributed by atoms with Crippen LogP contribution in [0.15, 0.2) is 72.1 Å². The molecule has 0 saturated carbocycles. The Morgan fingerprint density at radius 3 is 2.54 bits per heavy atom. The molecule has 1 heterocycles. The van der Waals surface area contributed by atoms with Crippen molar-refractivity contribution in [2.75, 3.05) is 7.05 Å². The van der Waals surface area contributed by atoms with E-state index in [0.717, 1.165) is 34.4 Å². The van der Waals surface area contributed by atoms with Crippen molar-refractivity contribution in [1.29, 1.82) is 0 Å². The summed E-state index contributed by atoms with van der Waals surface area (Å²) < 4.78 is 0. The molecule has 0 saturated heterocycles. The van der Waals surface area contributed by atoms with Gasteiger partial charge in [-0.05, 0) is 35.5 Å². The molecule has 0 N–H and O–H groups in total. The number of halogens is 1. The first-order chi connectivity index (χ1) is 12.7. The topological polar surface area (TPSA) is 16.1 Å². The van der Waals surface area contributed by atoms with Gasteiger partial charge in [0, 0.05) is 29.1 Å². The summed E-state index contributed by atoms with van der Waals surface area (Å²) in [6.45, 7) is 1.72. The molecular formula is C22H19ClN2S. The van der Waals surface area contributed by atoms with Crippen LogP contribution in [0.4, 0.5) is 0 Å². The normalized spacial score (nSPS) is 11.3. The van der Waals surface area contributed by atoms with Crippen molar-refractivity contribution in [1.82, 2.24) is 9.88 Å². The van der Waals surface area contributed by atoms with Gasteiger partial charge in [0.25, 0.3) is 0 Å². The Balaban J connectivity index is 1.48. The molecule has 3 aromatic carbocycles. The van der Waals surface area contributed by atoms with E-state index in [1.54, 1.807) is 11.3 Å². The summed E-state index contributed by atoms with van der Waals surface area (Å²) in [6, 6.07) is 22.9. The number of hydrogen-bond donors (Lipinski definition) is 0. The van der Waals surface area contributed by atoms with Crippen LogP contribution in [-0.2, 0) is 13.1 Å². The highest BCUT2D eigenvalue weighted by Crippen LogP contribution is 2.26. The third kappa shape index (κ3) is 3.80. The van der Waals surface area contributed by atoms with Crippen LogP contribution in [0.3, 0.4) is 0 Å². The first-order valence-corrected chi connectivity index (χ1v) is 9.80. The second kappa shape index (κ2) is 7.58. The maximum atomic E-state index is 5.97. The number of rotatable bonds is 5. The van der Waals surface area contributed by atoms with Crippen LogP contribution in [0, 0.1) is 0 Å². The lowest BCUT2D eigenvalue weighted by atomic mass is 10.0. The lowest BCUT2D eigenvalue weighted by molar-refractivity contribution is 0.317. The second-order valence-corrected chi connectivity index (χ2v) is 7.76. The Hall–Kier alpha value is -2.20. The van der Waals surface area contributed by atoms with E-state index in [-0.39, 0.29) is 0 Å². The number of fused-ring (bicyclic) bond motifs is 1. The van der Waals surface area contributed by atoms with Crippen LogP contribution in [0.1, 0.15) is 11.3 Å². The van der Waals surface area contributed by atoms with Crippen molar-refractivity contribution in [3.63, 3.8) is 0 Å². The fourth-order valence-electron chi connectivity index (χ4n) is 3.16. The van der Waals surface area contributed by atoms with Crippen LogP contribution in [-0.4, -0.2) is 16.9 Å². The van der Waals surface area contributed by atoms with Gasteiger partial charge >= 0.3 is 0 Å². The predicted octanol–water partition coefficient (Wildman–Crippen LogP) is 6.25. The van der Waals surface area contributed by atoms with Crippen molar-refractivity contribution in [2.24, 2.45) is 0 Å². The minimum Gasteiger partial charge on any atom is -0.296 e. The largest absolute Gasteiger partial charge is 0.296 e. The maximum absolute atomic E-state index is 5.97. The molecule has 0 fully saturated rings. The number of thiazole rings is 1. The van der Waals surface area contributed by atoms with Gasteiger partial charge in [-0.3, -0.25) is 4.90 Å². The van der Waals surface area contributed by atoms with Crippen molar-refractivity contribution in [3.05, 3.63) is 88.4 Å². The molecule has 26 heavy (non-hydrogen) atoms. The minimum absolute atomic E-state index is 0.750. The number of nitrogens with zero attached hydrogens (tertiary/aromatic N) is 2. The molecule has 2 nitrogen and oxygen atoms in total. The smallest absolute Gasteiger partial charge is 0.123 e. The van der Waals surface area contributed by atoms with Crippen LogP contribution in [0.25, 0.3) is 21.3 Å². The van der Waals surface area contributed by atoms with Gasteiger partial charge in [0.1, 0.15) is 5.01 Å². The molecule has 4 aromatic rings. The second-order valence-electron chi connectivity index (χ2n) is 6.46. The van der Waals surface area contributed by atoms with Gasteiger partial charge in [0.15, 0.2) is 0 Å². The molecule has 0 radical (unpaired) electrons. The van der Waals surface area contributed by atoms with E-state index >= 15 is 0 Å². The van der Waals surface area contributed by atoms with Crippen molar-refractivity contribution < 1.29 is 0 Å². The van der Waals surface area contributed by atoms with Crippen LogP contribution in [0.5, 0.6) is 0 Å². The molecule has 0 atom stereocenters. The zero-order chi connectivity index (χ0) is 17.9. The molecule has 0 spiro atoms. The fourth-order valence-corrected chi connectivity index (χ4v) is 4.10. The van der Waals surface area contributed by atoms with E-state index in [2.05, 4.69) is 59.8 Å². The van der Waals surface area contributed by atoms with Crippen molar-refractivity contribution in [2.45, 2.75) is 13.1 Å². The van der Waals surface area contributed by atoms with Crippen LogP contribution < -0.4 is 0 Å². The van der Waals surface area contributed by atoms with E-state index in [4.69, 9.17) is 16.6 Å². The summed E-state index contributed by atoms with van der Waals surface area (Å²) in [5, 5.41) is 6.54. The van der Waals surface area contributed by atoms with Gasteiger partial charge < -0.3 is 0 Å². The standard InChI is InChI=1S/C22H19ClN2S/c1-25(13-18-7-4-6-16-5-2-3-8-21(16)18)14-20-15-26-22(24-20)17-9-11-19(23)12-10-17/h2-12,15H,13-14H2,1H3. The van der Waals surface area contributed by atoms with Crippen LogP contribution in [0.2, 0.25) is 5.02 Å². The molecule has 0 aliphatic heterocycles. The summed E-state index contributed by atoms with van der Waals surface area (Å²) >= 11 is 7.65. The molecule has 4 heteroatoms. The Morgan fingerprint density at radius 2 is 1.69 bits per heavy atom. The Morgan fingerprint density at radius 1 is 0.923 bits per heavy atom. The van der Waals surface area contributed by atoms with Gasteiger partial charge in [0.2, 0.25) is 0 Å². The fraction of sp³-hybridized carbons (Fsp3) is 0.136. The van der Waals surface area contributed by atoms with E-state index in [1.165, 1.54) is 16.3 Å². The van der Waals surface area contributed by atoms with Gasteiger partial charge in [-0.15, -0.1) is 11.3 Å². The SMILES string of the molecule is CN(Cc1csc(-c2ccc(Cl)cc2)n1)Cc1cccc2ccccc12. The lowest BCUT2D eigenvalue weighted by Gasteiger charge is -2.16. The maximum Gasteiger partial charge on any atom is 0.123 e. The first-order valence-electron chi connectivity index (χ1n) is 8.54. The molecule has 0 aliphatic rings. The minimum atomic E-state index is 0.750. The summed E-state index contributed by atoms with van der Waals surface area (Å²) in [7, 11) is 2.14. The van der Waals surface area contributed by atoms with E-state index in [9.17, 15) is 0 Å². The molecule has 0 bridgehead atoms. The Labute approximate surface area is 162 Å². The highest BCUT2D eigenvalue weighted by molar-refractivity contribution is 7.13. The van der Waals surface area contributed by atoms with E-state index in [0.29, 0.717) is 0 Å². The Kier molecular flexibility index (Phi) is 5.02. The molecular weight excluding hydrogens is 360 g/mol. The van der Waals surface area contributed by atoms with Crippen molar-refractivity contribution >= 4 is 33.7 Å². The molecule has 0 amide bonds. The molecule has 130 valence electrons. The third-order valence-corrected chi connectivity index (χ3v) is 5.59. The average molecular weight is 379 g/mol. The Bertz CT molecular complexity index is 1020. The summed E-state index contributed by atoms with van der Waals surface area (Å²) in [5.74, 6) is 0.